The lowest BCUT2D eigenvalue weighted by Gasteiger charge is -2.23. The van der Waals surface area contributed by atoms with Crippen molar-refractivity contribution in [3.8, 4) is 11.3 Å². The molecule has 2 N–H and O–H groups in total. The van der Waals surface area contributed by atoms with E-state index in [0.717, 1.165) is 71.1 Å². The highest BCUT2D eigenvalue weighted by molar-refractivity contribution is 6.11. The highest BCUT2D eigenvalue weighted by Crippen LogP contribution is 2.25. The summed E-state index contributed by atoms with van der Waals surface area (Å²) in [6.45, 7) is 11.7. The summed E-state index contributed by atoms with van der Waals surface area (Å²) in [4.78, 5) is 14.3. The predicted molar refractivity (Wildman–Crippen MR) is 156 cm³/mol. The van der Waals surface area contributed by atoms with E-state index in [0.29, 0.717) is 18.9 Å². The minimum Gasteiger partial charge on any atom is -0.316 e. The van der Waals surface area contributed by atoms with Crippen molar-refractivity contribution in [2.45, 2.75) is 53.4 Å². The molecule has 1 aromatic heterocycles. The summed E-state index contributed by atoms with van der Waals surface area (Å²) in [7, 11) is 0. The van der Waals surface area contributed by atoms with Crippen LogP contribution in [0.25, 0.3) is 16.8 Å². The predicted octanol–water partition coefficient (Wildman–Crippen LogP) is 6.58. The van der Waals surface area contributed by atoms with Crippen molar-refractivity contribution in [1.82, 2.24) is 10.3 Å². The summed E-state index contributed by atoms with van der Waals surface area (Å²) in [5.74, 6) is 0.540. The second kappa shape index (κ2) is 14.4. The van der Waals surface area contributed by atoms with Crippen LogP contribution in [0.2, 0.25) is 0 Å². The molecule has 1 aliphatic heterocycles. The summed E-state index contributed by atoms with van der Waals surface area (Å²) in [6.07, 6.45) is 11.8. The number of hydrogen-bond donors (Lipinski definition) is 2. The van der Waals surface area contributed by atoms with Gasteiger partial charge in [-0.1, -0.05) is 30.4 Å². The van der Waals surface area contributed by atoms with E-state index in [-0.39, 0.29) is 0 Å². The van der Waals surface area contributed by atoms with Gasteiger partial charge >= 0.3 is 0 Å². The van der Waals surface area contributed by atoms with Crippen molar-refractivity contribution in [1.29, 1.82) is 5.41 Å². The van der Waals surface area contributed by atoms with Gasteiger partial charge in [0.25, 0.3) is 0 Å². The maximum absolute atomic E-state index is 8.81. The molecule has 1 saturated heterocycles. The van der Waals surface area contributed by atoms with E-state index < -0.39 is 0 Å². The Kier molecular flexibility index (Phi) is 11.0. The average molecular weight is 484 g/mol. The first-order valence-corrected chi connectivity index (χ1v) is 13.3. The fourth-order valence-electron chi connectivity index (χ4n) is 4.67. The van der Waals surface area contributed by atoms with Gasteiger partial charge in [0.05, 0.1) is 17.1 Å². The summed E-state index contributed by atoms with van der Waals surface area (Å²) >= 11 is 0. The number of allylic oxidation sites excluding steroid dienone is 4. The Hall–Kier alpha value is -3.18. The molecule has 0 radical (unpaired) electrons. The van der Waals surface area contributed by atoms with E-state index in [4.69, 9.17) is 15.4 Å². The minimum absolute atomic E-state index is 0.540. The Bertz CT molecular complexity index is 1130. The van der Waals surface area contributed by atoms with Crippen molar-refractivity contribution in [3.63, 3.8) is 0 Å². The van der Waals surface area contributed by atoms with Crippen LogP contribution < -0.4 is 5.32 Å². The van der Waals surface area contributed by atoms with Crippen LogP contribution in [0.5, 0.6) is 0 Å². The Morgan fingerprint density at radius 1 is 1.17 bits per heavy atom. The molecule has 2 aromatic rings. The number of rotatable bonds is 11. The van der Waals surface area contributed by atoms with E-state index in [1.165, 1.54) is 12.8 Å². The normalized spacial score (nSPS) is 17.3. The molecule has 3 rings (SSSR count). The van der Waals surface area contributed by atoms with Gasteiger partial charge in [0, 0.05) is 42.6 Å². The van der Waals surface area contributed by atoms with E-state index in [2.05, 4.69) is 59.7 Å². The fraction of sp³-hybridized carbons (Fsp3) is 0.419. The molecule has 1 fully saturated rings. The quantitative estimate of drug-likeness (QED) is 0.354. The maximum atomic E-state index is 8.81. The monoisotopic (exact) mass is 483 g/mol. The molecule has 0 bridgehead atoms. The number of nitrogens with zero attached hydrogens (tertiary/aromatic N) is 3. The first-order valence-electron chi connectivity index (χ1n) is 13.3. The summed E-state index contributed by atoms with van der Waals surface area (Å²) in [6, 6.07) is 12.7. The molecule has 1 unspecified atom stereocenters. The number of piperidine rings is 1. The third-order valence-electron chi connectivity index (χ3n) is 6.43. The molecular weight excluding hydrogens is 442 g/mol. The lowest BCUT2D eigenvalue weighted by atomic mass is 9.91. The van der Waals surface area contributed by atoms with Crippen molar-refractivity contribution in [3.05, 3.63) is 71.4 Å². The number of aromatic nitrogens is 1. The van der Waals surface area contributed by atoms with E-state index >= 15 is 0 Å². The summed E-state index contributed by atoms with van der Waals surface area (Å²) < 4.78 is 0. The van der Waals surface area contributed by atoms with E-state index in [1.807, 2.05) is 39.1 Å². The van der Waals surface area contributed by atoms with Crippen LogP contribution in [0, 0.1) is 11.3 Å². The molecule has 0 amide bonds. The second-order valence-corrected chi connectivity index (χ2v) is 9.20. The van der Waals surface area contributed by atoms with Crippen LogP contribution in [0.1, 0.15) is 63.8 Å². The number of benzene rings is 1. The number of pyridine rings is 1. The van der Waals surface area contributed by atoms with Crippen LogP contribution in [-0.2, 0) is 6.42 Å². The summed E-state index contributed by atoms with van der Waals surface area (Å²) in [5.41, 5.74) is 7.83. The van der Waals surface area contributed by atoms with Gasteiger partial charge in [0.1, 0.15) is 0 Å². The maximum Gasteiger partial charge on any atom is 0.0706 e. The molecule has 190 valence electrons. The topological polar surface area (TPSA) is 73.5 Å². The molecule has 1 aromatic carbocycles. The van der Waals surface area contributed by atoms with Gasteiger partial charge in [-0.3, -0.25) is 15.0 Å². The number of aliphatic imine (C=N–C) groups is 2. The van der Waals surface area contributed by atoms with Crippen molar-refractivity contribution in [2.75, 3.05) is 26.2 Å². The average Bonchev–Trinajstić information content (AvgIpc) is 2.90. The Labute approximate surface area is 217 Å². The Morgan fingerprint density at radius 3 is 2.72 bits per heavy atom. The van der Waals surface area contributed by atoms with Gasteiger partial charge < -0.3 is 10.7 Å². The Morgan fingerprint density at radius 2 is 2.03 bits per heavy atom. The van der Waals surface area contributed by atoms with Crippen LogP contribution in [0.3, 0.4) is 0 Å². The van der Waals surface area contributed by atoms with Crippen molar-refractivity contribution >= 4 is 23.2 Å². The minimum atomic E-state index is 0.540. The largest absolute Gasteiger partial charge is 0.316 e. The molecule has 0 saturated carbocycles. The van der Waals surface area contributed by atoms with E-state index in [9.17, 15) is 0 Å². The lowest BCUT2D eigenvalue weighted by Crippen LogP contribution is -2.31. The first kappa shape index (κ1) is 27.4. The molecule has 0 aliphatic carbocycles. The van der Waals surface area contributed by atoms with Crippen LogP contribution >= 0.6 is 0 Å². The van der Waals surface area contributed by atoms with Gasteiger partial charge in [-0.15, -0.1) is 0 Å². The second-order valence-electron chi connectivity index (χ2n) is 9.20. The lowest BCUT2D eigenvalue weighted by molar-refractivity contribution is 0.386. The molecule has 5 heteroatoms. The van der Waals surface area contributed by atoms with E-state index in [1.54, 1.807) is 0 Å². The molecule has 1 aliphatic rings. The third kappa shape index (κ3) is 7.66. The zero-order chi connectivity index (χ0) is 25.8. The molecule has 0 spiro atoms. The van der Waals surface area contributed by atoms with Gasteiger partial charge in [0.2, 0.25) is 0 Å². The Balaban J connectivity index is 1.98. The van der Waals surface area contributed by atoms with Gasteiger partial charge in [-0.2, -0.15) is 0 Å². The fourth-order valence-corrected chi connectivity index (χ4v) is 4.67. The van der Waals surface area contributed by atoms with Crippen LogP contribution in [0.15, 0.2) is 64.6 Å². The molecule has 5 nitrogen and oxygen atoms in total. The van der Waals surface area contributed by atoms with Crippen LogP contribution in [-0.4, -0.2) is 48.8 Å². The van der Waals surface area contributed by atoms with Gasteiger partial charge in [0.15, 0.2) is 0 Å². The van der Waals surface area contributed by atoms with Crippen LogP contribution in [0.4, 0.5) is 0 Å². The van der Waals surface area contributed by atoms with Crippen molar-refractivity contribution in [2.24, 2.45) is 15.9 Å². The highest BCUT2D eigenvalue weighted by atomic mass is 14.9. The smallest absolute Gasteiger partial charge is 0.0706 e. The zero-order valence-electron chi connectivity index (χ0n) is 22.3. The summed E-state index contributed by atoms with van der Waals surface area (Å²) in [5, 5.41) is 12.3. The molecule has 2 heterocycles. The molecular formula is C31H41N5. The third-order valence-corrected chi connectivity index (χ3v) is 6.43. The SMILES string of the molecule is C/C=C\C(=NCC)c1ccc(-c2cccc(/C(C=NCC)=C/C)c2)nc1CC(=N)CC1CCCNC1. The number of hydrogen-bond acceptors (Lipinski definition) is 5. The molecule has 1 atom stereocenters. The standard InChI is InChI=1S/C31H41N5/c1-5-11-30(35-8-4)28-15-16-29(26-14-9-13-25(19-26)24(6-2)22-33-7-3)36-31(28)20-27(32)18-23-12-10-17-34-21-23/h5-6,9,11,13-16,19,22-23,32,34H,7-8,10,12,17-18,20-21H2,1-4H3/b11-5-,24-6+,32-27?,33-22?,35-30?. The first-order chi connectivity index (χ1) is 17.6. The highest BCUT2D eigenvalue weighted by Gasteiger charge is 2.18. The van der Waals surface area contributed by atoms with Gasteiger partial charge in [-0.05, 0) is 101 Å². The molecule has 36 heavy (non-hydrogen) atoms. The number of nitrogens with one attached hydrogen (secondary N) is 2. The zero-order valence-corrected chi connectivity index (χ0v) is 22.3. The van der Waals surface area contributed by atoms with Crippen molar-refractivity contribution < 1.29 is 0 Å². The van der Waals surface area contributed by atoms with Gasteiger partial charge in [-0.25, -0.2) is 0 Å².